The lowest BCUT2D eigenvalue weighted by Crippen LogP contribution is -2.25. The molecule has 0 saturated heterocycles. The van der Waals surface area contributed by atoms with E-state index < -0.39 is 5.41 Å². The molecular formula is C64H38N4O. The first-order chi connectivity index (χ1) is 34.2. The molecule has 0 N–H and O–H groups in total. The quantitative estimate of drug-likeness (QED) is 0.173. The first kappa shape index (κ1) is 38.0. The van der Waals surface area contributed by atoms with Crippen molar-refractivity contribution in [1.82, 2.24) is 19.5 Å². The lowest BCUT2D eigenvalue weighted by Gasteiger charge is -2.30. The molecule has 0 bridgehead atoms. The normalized spacial score (nSPS) is 13.0. The van der Waals surface area contributed by atoms with Crippen molar-refractivity contribution in [3.8, 4) is 73.2 Å². The van der Waals surface area contributed by atoms with Crippen LogP contribution in [0.5, 0.6) is 0 Å². The Labute approximate surface area is 397 Å². The van der Waals surface area contributed by atoms with Gasteiger partial charge in [-0.1, -0.05) is 182 Å². The Morgan fingerprint density at radius 2 is 0.884 bits per heavy atom. The van der Waals surface area contributed by atoms with Crippen molar-refractivity contribution < 1.29 is 4.42 Å². The second-order valence-corrected chi connectivity index (χ2v) is 18.2. The summed E-state index contributed by atoms with van der Waals surface area (Å²) in [6, 6.07) is 82.6. The zero-order chi connectivity index (χ0) is 45.2. The Hall–Kier alpha value is -9.19. The van der Waals surface area contributed by atoms with Gasteiger partial charge in [0.2, 0.25) is 0 Å². The minimum atomic E-state index is -0.439. The summed E-state index contributed by atoms with van der Waals surface area (Å²) in [6.45, 7) is 0. The van der Waals surface area contributed by atoms with Gasteiger partial charge in [0, 0.05) is 49.5 Å². The summed E-state index contributed by atoms with van der Waals surface area (Å²) in [5.74, 6) is 1.78. The molecule has 15 rings (SSSR count). The van der Waals surface area contributed by atoms with Crippen LogP contribution in [0.1, 0.15) is 22.3 Å². The molecule has 3 aromatic heterocycles. The molecule has 13 aromatic rings. The Balaban J connectivity index is 0.901. The van der Waals surface area contributed by atoms with E-state index in [0.29, 0.717) is 17.5 Å². The highest BCUT2D eigenvalue weighted by Crippen LogP contribution is 2.64. The highest BCUT2D eigenvalue weighted by atomic mass is 16.3. The molecule has 1 spiro atoms. The lowest BCUT2D eigenvalue weighted by molar-refractivity contribution is 0.669. The van der Waals surface area contributed by atoms with Crippen LogP contribution in [0.3, 0.4) is 0 Å². The van der Waals surface area contributed by atoms with Gasteiger partial charge in [-0.05, 0) is 98.6 Å². The van der Waals surface area contributed by atoms with Gasteiger partial charge < -0.3 is 8.98 Å². The van der Waals surface area contributed by atoms with Crippen molar-refractivity contribution >= 4 is 43.7 Å². The number of aromatic nitrogens is 4. The van der Waals surface area contributed by atoms with Crippen molar-refractivity contribution in [3.05, 3.63) is 253 Å². The van der Waals surface area contributed by atoms with E-state index in [-0.39, 0.29) is 0 Å². The summed E-state index contributed by atoms with van der Waals surface area (Å²) in [6.07, 6.45) is 0. The number of hydrogen-bond donors (Lipinski definition) is 0. The van der Waals surface area contributed by atoms with Crippen molar-refractivity contribution in [2.24, 2.45) is 0 Å². The van der Waals surface area contributed by atoms with Gasteiger partial charge in [-0.2, -0.15) is 0 Å². The minimum absolute atomic E-state index is 0.439. The number of rotatable bonds is 5. The molecule has 2 aliphatic rings. The zero-order valence-electron chi connectivity index (χ0n) is 37.1. The SMILES string of the molecule is c1ccc(-c2nc(-c3ccc(-n4c5ccccc5c5ccc6c(c54)-c4ccccc4C64c5ccccc5-c5ccccc54)cc3)nc(-c3ccc4c(c3)oc3cccc(-c5ccccc5)c34)n2)cc1. The van der Waals surface area contributed by atoms with Gasteiger partial charge in [0.15, 0.2) is 17.5 Å². The number of nitrogens with zero attached hydrogens (tertiary/aromatic N) is 4. The molecule has 0 aliphatic heterocycles. The molecule has 0 unspecified atom stereocenters. The van der Waals surface area contributed by atoms with Crippen LogP contribution in [-0.2, 0) is 5.41 Å². The second-order valence-electron chi connectivity index (χ2n) is 18.2. The number of furan rings is 1. The van der Waals surface area contributed by atoms with Gasteiger partial charge in [-0.3, -0.25) is 0 Å². The van der Waals surface area contributed by atoms with E-state index in [2.05, 4.69) is 193 Å². The second kappa shape index (κ2) is 14.4. The van der Waals surface area contributed by atoms with Crippen LogP contribution in [0.25, 0.3) is 117 Å². The fourth-order valence-corrected chi connectivity index (χ4v) is 11.8. The highest BCUT2D eigenvalue weighted by molar-refractivity contribution is 6.17. The van der Waals surface area contributed by atoms with Gasteiger partial charge in [0.1, 0.15) is 11.2 Å². The molecule has 320 valence electrons. The van der Waals surface area contributed by atoms with Crippen LogP contribution in [0.15, 0.2) is 235 Å². The number of hydrogen-bond acceptors (Lipinski definition) is 4. The van der Waals surface area contributed by atoms with Gasteiger partial charge >= 0.3 is 0 Å². The maximum Gasteiger partial charge on any atom is 0.164 e. The maximum atomic E-state index is 6.55. The Morgan fingerprint density at radius 1 is 0.348 bits per heavy atom. The van der Waals surface area contributed by atoms with Crippen LogP contribution in [0.4, 0.5) is 0 Å². The molecule has 0 saturated carbocycles. The third kappa shape index (κ3) is 5.32. The molecule has 0 atom stereocenters. The first-order valence-corrected chi connectivity index (χ1v) is 23.5. The van der Waals surface area contributed by atoms with Crippen molar-refractivity contribution in [2.45, 2.75) is 5.41 Å². The lowest BCUT2D eigenvalue weighted by atomic mass is 9.70. The summed E-state index contributed by atoms with van der Waals surface area (Å²) in [5.41, 5.74) is 20.0. The summed E-state index contributed by atoms with van der Waals surface area (Å²) in [7, 11) is 0. The van der Waals surface area contributed by atoms with E-state index in [9.17, 15) is 0 Å². The number of fused-ring (bicyclic) bond motifs is 17. The zero-order valence-corrected chi connectivity index (χ0v) is 37.1. The predicted octanol–water partition coefficient (Wildman–Crippen LogP) is 15.9. The van der Waals surface area contributed by atoms with E-state index in [1.54, 1.807) is 0 Å². The maximum absolute atomic E-state index is 6.55. The molecule has 2 aliphatic carbocycles. The molecule has 0 radical (unpaired) electrons. The van der Waals surface area contributed by atoms with Crippen molar-refractivity contribution in [2.75, 3.05) is 0 Å². The topological polar surface area (TPSA) is 56.7 Å². The molecule has 0 amide bonds. The Morgan fingerprint density at radius 3 is 1.59 bits per heavy atom. The van der Waals surface area contributed by atoms with E-state index >= 15 is 0 Å². The average Bonchev–Trinajstić information content (AvgIpc) is 4.15. The molecule has 69 heavy (non-hydrogen) atoms. The standard InChI is InChI=1S/C64H38N4O/c1-3-16-39(17-4-1)44-24-15-29-56-58(44)50-35-32-42(38-57(50)69-56)63-66-61(40-18-5-2-6-19-40)65-62(67-63)41-30-33-43(34-31-41)68-55-28-14-10-22-47(55)48-36-37-54-59(60(48)68)49-23-9-13-27-53(49)64(54)51-25-11-7-20-45(51)46-21-8-12-26-52(46)64/h1-38H. The largest absolute Gasteiger partial charge is 0.456 e. The van der Waals surface area contributed by atoms with E-state index in [1.165, 1.54) is 60.8 Å². The fourth-order valence-electron chi connectivity index (χ4n) is 11.8. The van der Waals surface area contributed by atoms with Gasteiger partial charge in [-0.15, -0.1) is 0 Å². The van der Waals surface area contributed by atoms with Crippen LogP contribution < -0.4 is 0 Å². The summed E-state index contributed by atoms with van der Waals surface area (Å²) < 4.78 is 9.02. The van der Waals surface area contributed by atoms with Gasteiger partial charge in [-0.25, -0.2) is 15.0 Å². The molecule has 5 heteroatoms. The van der Waals surface area contributed by atoms with Crippen LogP contribution in [0.2, 0.25) is 0 Å². The minimum Gasteiger partial charge on any atom is -0.456 e. The van der Waals surface area contributed by atoms with E-state index in [4.69, 9.17) is 19.4 Å². The number of para-hydroxylation sites is 1. The van der Waals surface area contributed by atoms with Crippen LogP contribution >= 0.6 is 0 Å². The van der Waals surface area contributed by atoms with Gasteiger partial charge in [0.05, 0.1) is 16.4 Å². The average molecular weight is 879 g/mol. The highest BCUT2D eigenvalue weighted by Gasteiger charge is 2.52. The smallest absolute Gasteiger partial charge is 0.164 e. The monoisotopic (exact) mass is 878 g/mol. The summed E-state index contributed by atoms with van der Waals surface area (Å²) in [4.78, 5) is 15.4. The van der Waals surface area contributed by atoms with Crippen molar-refractivity contribution in [1.29, 1.82) is 0 Å². The Bertz CT molecular complexity index is 4200. The van der Waals surface area contributed by atoms with Crippen LogP contribution in [0, 0.1) is 0 Å². The molecular weight excluding hydrogens is 841 g/mol. The third-order valence-electron chi connectivity index (χ3n) is 14.7. The van der Waals surface area contributed by atoms with E-state index in [1.807, 2.05) is 42.5 Å². The molecule has 0 fully saturated rings. The summed E-state index contributed by atoms with van der Waals surface area (Å²) >= 11 is 0. The van der Waals surface area contributed by atoms with Gasteiger partial charge in [0.25, 0.3) is 0 Å². The first-order valence-electron chi connectivity index (χ1n) is 23.5. The summed E-state index contributed by atoms with van der Waals surface area (Å²) in [5, 5.41) is 4.59. The van der Waals surface area contributed by atoms with E-state index in [0.717, 1.165) is 61.0 Å². The van der Waals surface area contributed by atoms with Crippen molar-refractivity contribution in [3.63, 3.8) is 0 Å². The third-order valence-corrected chi connectivity index (χ3v) is 14.7. The molecule has 3 heterocycles. The Kier molecular flexibility index (Phi) is 7.93. The molecule has 5 nitrogen and oxygen atoms in total. The molecule has 10 aromatic carbocycles. The van der Waals surface area contributed by atoms with Crippen LogP contribution in [-0.4, -0.2) is 19.5 Å². The fraction of sp³-hybridized carbons (Fsp3) is 0.0156. The number of benzene rings is 10. The predicted molar refractivity (Wildman–Crippen MR) is 279 cm³/mol.